The highest BCUT2D eigenvalue weighted by atomic mass is 19.3. The standard InChI is InChI=1S/C22H16F2N6O2/c23-21(24)32-18-6-4-14(9-19(18)31-12-13-1-2-13)17-7-8-26-22-28-20(29-30(17)22)15-3-5-16(10-25)27-11-15/h3-9,11,13,21H,1-2,12H2. The second-order valence-corrected chi connectivity index (χ2v) is 7.32. The molecule has 0 saturated heterocycles. The zero-order chi connectivity index (χ0) is 22.1. The van der Waals surface area contributed by atoms with Crippen LogP contribution in [0.5, 0.6) is 11.5 Å². The molecule has 0 spiro atoms. The molecule has 3 heterocycles. The Labute approximate surface area is 181 Å². The van der Waals surface area contributed by atoms with Gasteiger partial charge in [0.15, 0.2) is 17.3 Å². The van der Waals surface area contributed by atoms with Gasteiger partial charge in [-0.25, -0.2) is 9.97 Å². The number of ether oxygens (including phenoxy) is 2. The zero-order valence-electron chi connectivity index (χ0n) is 16.7. The molecule has 3 aromatic heterocycles. The highest BCUT2D eigenvalue weighted by molar-refractivity contribution is 5.67. The van der Waals surface area contributed by atoms with Crippen molar-refractivity contribution in [2.45, 2.75) is 19.5 Å². The topological polar surface area (TPSA) is 98.2 Å². The van der Waals surface area contributed by atoms with E-state index in [4.69, 9.17) is 10.00 Å². The maximum atomic E-state index is 12.8. The quantitative estimate of drug-likeness (QED) is 0.432. The minimum Gasteiger partial charge on any atom is -0.489 e. The number of hydrogen-bond acceptors (Lipinski definition) is 7. The summed E-state index contributed by atoms with van der Waals surface area (Å²) in [6, 6.07) is 11.8. The molecule has 1 aromatic carbocycles. The summed E-state index contributed by atoms with van der Waals surface area (Å²) in [5.41, 5.74) is 2.25. The van der Waals surface area contributed by atoms with Gasteiger partial charge < -0.3 is 9.47 Å². The molecule has 0 N–H and O–H groups in total. The van der Waals surface area contributed by atoms with Crippen LogP contribution in [0, 0.1) is 17.2 Å². The van der Waals surface area contributed by atoms with E-state index in [1.54, 1.807) is 41.0 Å². The number of fused-ring (bicyclic) bond motifs is 1. The summed E-state index contributed by atoms with van der Waals surface area (Å²) in [7, 11) is 0. The van der Waals surface area contributed by atoms with Gasteiger partial charge in [-0.05, 0) is 55.2 Å². The lowest BCUT2D eigenvalue weighted by Gasteiger charge is -2.14. The van der Waals surface area contributed by atoms with Crippen LogP contribution in [-0.2, 0) is 0 Å². The van der Waals surface area contributed by atoms with Crippen molar-refractivity contribution < 1.29 is 18.3 Å². The molecular formula is C22H16F2N6O2. The molecule has 0 radical (unpaired) electrons. The van der Waals surface area contributed by atoms with Gasteiger partial charge in [-0.3, -0.25) is 0 Å². The third-order valence-electron chi connectivity index (χ3n) is 5.00. The average Bonchev–Trinajstić information content (AvgIpc) is 3.53. The van der Waals surface area contributed by atoms with Crippen molar-refractivity contribution in [2.75, 3.05) is 6.61 Å². The van der Waals surface area contributed by atoms with Crippen molar-refractivity contribution in [3.05, 3.63) is 54.5 Å². The van der Waals surface area contributed by atoms with Crippen LogP contribution in [0.25, 0.3) is 28.4 Å². The lowest BCUT2D eigenvalue weighted by molar-refractivity contribution is -0.0515. The lowest BCUT2D eigenvalue weighted by atomic mass is 10.1. The fourth-order valence-electron chi connectivity index (χ4n) is 3.19. The smallest absolute Gasteiger partial charge is 0.387 e. The highest BCUT2D eigenvalue weighted by Crippen LogP contribution is 2.36. The predicted octanol–water partition coefficient (Wildman–Crippen LogP) is 4.12. The van der Waals surface area contributed by atoms with Crippen LogP contribution in [0.2, 0.25) is 0 Å². The van der Waals surface area contributed by atoms with E-state index in [1.807, 2.05) is 6.07 Å². The third kappa shape index (κ3) is 4.05. The van der Waals surface area contributed by atoms with Crippen LogP contribution in [0.4, 0.5) is 8.78 Å². The van der Waals surface area contributed by atoms with E-state index in [0.717, 1.165) is 12.8 Å². The molecule has 1 saturated carbocycles. The molecular weight excluding hydrogens is 418 g/mol. The second-order valence-electron chi connectivity index (χ2n) is 7.32. The first-order valence-electron chi connectivity index (χ1n) is 9.91. The number of pyridine rings is 1. The first kappa shape index (κ1) is 19.8. The van der Waals surface area contributed by atoms with Gasteiger partial charge in [-0.15, -0.1) is 5.10 Å². The van der Waals surface area contributed by atoms with E-state index in [2.05, 4.69) is 24.8 Å². The van der Waals surface area contributed by atoms with Gasteiger partial charge in [-0.2, -0.15) is 23.5 Å². The second kappa shape index (κ2) is 8.19. The number of benzene rings is 1. The predicted molar refractivity (Wildman–Crippen MR) is 109 cm³/mol. The number of nitriles is 1. The van der Waals surface area contributed by atoms with E-state index >= 15 is 0 Å². The monoisotopic (exact) mass is 434 g/mol. The summed E-state index contributed by atoms with van der Waals surface area (Å²) in [6.07, 6.45) is 5.25. The molecule has 4 aromatic rings. The molecule has 0 aliphatic heterocycles. The van der Waals surface area contributed by atoms with Crippen LogP contribution in [-0.4, -0.2) is 37.8 Å². The van der Waals surface area contributed by atoms with Gasteiger partial charge in [0.2, 0.25) is 0 Å². The number of aromatic nitrogens is 5. The fraction of sp³-hybridized carbons (Fsp3) is 0.227. The summed E-state index contributed by atoms with van der Waals surface area (Å²) in [5.74, 6) is 1.43. The maximum Gasteiger partial charge on any atom is 0.387 e. The van der Waals surface area contributed by atoms with Gasteiger partial charge in [0.25, 0.3) is 5.78 Å². The SMILES string of the molecule is N#Cc1ccc(-c2nc3nccc(-c4ccc(OC(F)F)c(OCC5CC5)c4)n3n2)cn1. The molecule has 0 amide bonds. The van der Waals surface area contributed by atoms with Crippen molar-refractivity contribution in [3.8, 4) is 40.2 Å². The van der Waals surface area contributed by atoms with E-state index in [1.165, 1.54) is 12.3 Å². The summed E-state index contributed by atoms with van der Waals surface area (Å²) in [6.45, 7) is -2.50. The van der Waals surface area contributed by atoms with E-state index < -0.39 is 6.61 Å². The van der Waals surface area contributed by atoms with Crippen LogP contribution in [0.15, 0.2) is 48.8 Å². The maximum absolute atomic E-state index is 12.8. The Morgan fingerprint density at radius 2 is 1.94 bits per heavy atom. The number of hydrogen-bond donors (Lipinski definition) is 0. The Hall–Kier alpha value is -4.13. The van der Waals surface area contributed by atoms with Crippen LogP contribution >= 0.6 is 0 Å². The molecule has 10 heteroatoms. The lowest BCUT2D eigenvalue weighted by Crippen LogP contribution is -2.06. The number of nitrogens with zero attached hydrogens (tertiary/aromatic N) is 6. The average molecular weight is 434 g/mol. The van der Waals surface area contributed by atoms with Crippen LogP contribution < -0.4 is 9.47 Å². The number of rotatable bonds is 7. The first-order valence-corrected chi connectivity index (χ1v) is 9.91. The van der Waals surface area contributed by atoms with Crippen molar-refractivity contribution in [1.29, 1.82) is 5.26 Å². The van der Waals surface area contributed by atoms with E-state index in [-0.39, 0.29) is 11.5 Å². The Kier molecular flexibility index (Phi) is 5.07. The Bertz CT molecular complexity index is 1310. The summed E-state index contributed by atoms with van der Waals surface area (Å²) < 4.78 is 37.6. The normalized spacial score (nSPS) is 13.3. The number of halogens is 2. The molecule has 0 bridgehead atoms. The molecule has 160 valence electrons. The first-order chi connectivity index (χ1) is 15.6. The largest absolute Gasteiger partial charge is 0.489 e. The third-order valence-corrected chi connectivity index (χ3v) is 5.00. The van der Waals surface area contributed by atoms with Gasteiger partial charge in [-0.1, -0.05) is 0 Å². The van der Waals surface area contributed by atoms with Crippen LogP contribution in [0.3, 0.4) is 0 Å². The van der Waals surface area contributed by atoms with Gasteiger partial charge in [0, 0.05) is 23.5 Å². The van der Waals surface area contributed by atoms with Gasteiger partial charge >= 0.3 is 6.61 Å². The summed E-state index contributed by atoms with van der Waals surface area (Å²) in [4.78, 5) is 12.7. The van der Waals surface area contributed by atoms with Crippen LogP contribution in [0.1, 0.15) is 18.5 Å². The van der Waals surface area contributed by atoms with E-state index in [0.29, 0.717) is 46.6 Å². The molecule has 0 atom stereocenters. The molecule has 8 nitrogen and oxygen atoms in total. The van der Waals surface area contributed by atoms with E-state index in [9.17, 15) is 8.78 Å². The van der Waals surface area contributed by atoms with Crippen molar-refractivity contribution >= 4 is 5.78 Å². The molecule has 1 aliphatic carbocycles. The number of alkyl halides is 2. The minimum absolute atomic E-state index is 0.0161. The molecule has 1 aliphatic rings. The minimum atomic E-state index is -2.95. The zero-order valence-corrected chi connectivity index (χ0v) is 16.7. The summed E-state index contributed by atoms with van der Waals surface area (Å²) >= 11 is 0. The Morgan fingerprint density at radius 3 is 2.66 bits per heavy atom. The van der Waals surface area contributed by atoms with Crippen molar-refractivity contribution in [1.82, 2.24) is 24.6 Å². The molecule has 32 heavy (non-hydrogen) atoms. The van der Waals surface area contributed by atoms with Crippen molar-refractivity contribution in [3.63, 3.8) is 0 Å². The Morgan fingerprint density at radius 1 is 1.09 bits per heavy atom. The Balaban J connectivity index is 1.53. The summed E-state index contributed by atoms with van der Waals surface area (Å²) in [5, 5.41) is 13.4. The van der Waals surface area contributed by atoms with Crippen molar-refractivity contribution in [2.24, 2.45) is 5.92 Å². The van der Waals surface area contributed by atoms with Gasteiger partial charge in [0.05, 0.1) is 12.3 Å². The molecule has 5 rings (SSSR count). The molecule has 0 unspecified atom stereocenters. The fourth-order valence-corrected chi connectivity index (χ4v) is 3.19. The van der Waals surface area contributed by atoms with Gasteiger partial charge in [0.1, 0.15) is 11.8 Å². The molecule has 1 fully saturated rings. The highest BCUT2D eigenvalue weighted by Gasteiger charge is 2.23.